The Morgan fingerprint density at radius 1 is 1.16 bits per heavy atom. The molecular formula is C19H17FN2O3. The van der Waals surface area contributed by atoms with Crippen molar-refractivity contribution >= 4 is 5.91 Å². The van der Waals surface area contributed by atoms with Crippen LogP contribution in [0.3, 0.4) is 0 Å². The Hall–Kier alpha value is -2.99. The van der Waals surface area contributed by atoms with Crippen molar-refractivity contribution in [2.45, 2.75) is 19.1 Å². The highest BCUT2D eigenvalue weighted by atomic mass is 19.1. The zero-order valence-corrected chi connectivity index (χ0v) is 13.4. The fraction of sp³-hybridized carbons (Fsp3) is 0.158. The van der Waals surface area contributed by atoms with Crippen molar-refractivity contribution in [1.82, 2.24) is 10.5 Å². The van der Waals surface area contributed by atoms with E-state index in [1.54, 1.807) is 12.1 Å². The van der Waals surface area contributed by atoms with Gasteiger partial charge in [0.2, 0.25) is 5.91 Å². The predicted octanol–water partition coefficient (Wildman–Crippen LogP) is 3.22. The van der Waals surface area contributed by atoms with Gasteiger partial charge in [0.15, 0.2) is 5.76 Å². The zero-order chi connectivity index (χ0) is 17.6. The standard InChI is InChI=1S/C19H17FN2O3/c20-15-8-4-7-14(9-15)17(23)11-19(24)21-12-16-10-18(25-22-16)13-5-2-1-3-6-13/h1-10,17,23H,11-12H2,(H,21,24). The fourth-order valence-corrected chi connectivity index (χ4v) is 2.40. The lowest BCUT2D eigenvalue weighted by atomic mass is 10.1. The summed E-state index contributed by atoms with van der Waals surface area (Å²) < 4.78 is 18.4. The third kappa shape index (κ3) is 4.51. The molecule has 25 heavy (non-hydrogen) atoms. The molecule has 2 aromatic carbocycles. The number of aliphatic hydroxyl groups excluding tert-OH is 1. The Labute approximate surface area is 144 Å². The largest absolute Gasteiger partial charge is 0.388 e. The first-order valence-electron chi connectivity index (χ1n) is 7.83. The first kappa shape index (κ1) is 16.9. The molecule has 1 amide bonds. The monoisotopic (exact) mass is 340 g/mol. The molecule has 0 fully saturated rings. The first-order chi connectivity index (χ1) is 12.1. The number of aliphatic hydroxyl groups is 1. The fourth-order valence-electron chi connectivity index (χ4n) is 2.40. The molecule has 0 bridgehead atoms. The van der Waals surface area contributed by atoms with Crippen molar-refractivity contribution in [2.75, 3.05) is 0 Å². The highest BCUT2D eigenvalue weighted by molar-refractivity contribution is 5.76. The predicted molar refractivity (Wildman–Crippen MR) is 89.8 cm³/mol. The van der Waals surface area contributed by atoms with Crippen molar-refractivity contribution < 1.29 is 18.8 Å². The second-order valence-corrected chi connectivity index (χ2v) is 5.60. The van der Waals surface area contributed by atoms with Crippen LogP contribution in [0.4, 0.5) is 4.39 Å². The molecule has 5 nitrogen and oxygen atoms in total. The lowest BCUT2D eigenvalue weighted by Crippen LogP contribution is -2.24. The number of aromatic nitrogens is 1. The average molecular weight is 340 g/mol. The highest BCUT2D eigenvalue weighted by Crippen LogP contribution is 2.20. The normalized spacial score (nSPS) is 11.9. The van der Waals surface area contributed by atoms with Gasteiger partial charge in [-0.1, -0.05) is 47.6 Å². The van der Waals surface area contributed by atoms with Crippen molar-refractivity contribution in [3.8, 4) is 11.3 Å². The summed E-state index contributed by atoms with van der Waals surface area (Å²) in [5.41, 5.74) is 1.84. The quantitative estimate of drug-likeness (QED) is 0.722. The van der Waals surface area contributed by atoms with E-state index in [-0.39, 0.29) is 18.9 Å². The average Bonchev–Trinajstić information content (AvgIpc) is 3.10. The molecule has 3 aromatic rings. The van der Waals surface area contributed by atoms with Crippen LogP contribution >= 0.6 is 0 Å². The number of hydrogen-bond acceptors (Lipinski definition) is 4. The minimum Gasteiger partial charge on any atom is -0.388 e. The van der Waals surface area contributed by atoms with E-state index >= 15 is 0 Å². The molecule has 1 aromatic heterocycles. The summed E-state index contributed by atoms with van der Waals surface area (Å²) in [6.45, 7) is 0.186. The minimum absolute atomic E-state index is 0.160. The summed E-state index contributed by atoms with van der Waals surface area (Å²) in [6, 6.07) is 16.8. The van der Waals surface area contributed by atoms with Crippen molar-refractivity contribution in [3.05, 3.63) is 77.7 Å². The van der Waals surface area contributed by atoms with E-state index in [4.69, 9.17) is 4.52 Å². The molecule has 0 radical (unpaired) electrons. The maximum Gasteiger partial charge on any atom is 0.223 e. The minimum atomic E-state index is -1.06. The maximum atomic E-state index is 13.1. The molecule has 0 aliphatic heterocycles. The molecule has 2 N–H and O–H groups in total. The van der Waals surface area contributed by atoms with Crippen LogP contribution < -0.4 is 5.32 Å². The van der Waals surface area contributed by atoms with E-state index in [0.717, 1.165) is 5.56 Å². The highest BCUT2D eigenvalue weighted by Gasteiger charge is 2.14. The van der Waals surface area contributed by atoms with Gasteiger partial charge in [0.1, 0.15) is 11.5 Å². The van der Waals surface area contributed by atoms with Crippen LogP contribution in [0, 0.1) is 5.82 Å². The molecule has 128 valence electrons. The molecule has 0 aliphatic rings. The summed E-state index contributed by atoms with van der Waals surface area (Å²) in [5.74, 6) is -0.196. The molecule has 3 rings (SSSR count). The number of nitrogens with zero attached hydrogens (tertiary/aromatic N) is 1. The Morgan fingerprint density at radius 3 is 2.72 bits per heavy atom. The van der Waals surface area contributed by atoms with E-state index < -0.39 is 11.9 Å². The van der Waals surface area contributed by atoms with Gasteiger partial charge in [-0.15, -0.1) is 0 Å². The topological polar surface area (TPSA) is 75.4 Å². The van der Waals surface area contributed by atoms with Gasteiger partial charge in [0, 0.05) is 11.6 Å². The molecule has 6 heteroatoms. The summed E-state index contributed by atoms with van der Waals surface area (Å²) in [5, 5.41) is 16.6. The van der Waals surface area contributed by atoms with Crippen LogP contribution in [0.15, 0.2) is 65.2 Å². The second-order valence-electron chi connectivity index (χ2n) is 5.60. The summed E-state index contributed by atoms with van der Waals surface area (Å²) in [6.07, 6.45) is -1.22. The molecule has 1 heterocycles. The summed E-state index contributed by atoms with van der Waals surface area (Å²) in [4.78, 5) is 11.9. The van der Waals surface area contributed by atoms with Crippen LogP contribution in [-0.2, 0) is 11.3 Å². The van der Waals surface area contributed by atoms with Gasteiger partial charge in [-0.25, -0.2) is 4.39 Å². The number of nitrogens with one attached hydrogen (secondary N) is 1. The number of carbonyl (C=O) groups excluding carboxylic acids is 1. The number of rotatable bonds is 6. The van der Waals surface area contributed by atoms with E-state index in [0.29, 0.717) is 17.0 Å². The van der Waals surface area contributed by atoms with Gasteiger partial charge >= 0.3 is 0 Å². The summed E-state index contributed by atoms with van der Waals surface area (Å²) in [7, 11) is 0. The second kappa shape index (κ2) is 7.72. The Bertz CT molecular complexity index is 849. The van der Waals surface area contributed by atoms with Crippen LogP contribution in [0.1, 0.15) is 23.8 Å². The van der Waals surface area contributed by atoms with Gasteiger partial charge < -0.3 is 14.9 Å². The van der Waals surface area contributed by atoms with Crippen LogP contribution in [0.25, 0.3) is 11.3 Å². The van der Waals surface area contributed by atoms with Gasteiger partial charge in [-0.05, 0) is 17.7 Å². The van der Waals surface area contributed by atoms with Crippen molar-refractivity contribution in [2.24, 2.45) is 0 Å². The number of carbonyl (C=O) groups is 1. The van der Waals surface area contributed by atoms with Crippen molar-refractivity contribution in [3.63, 3.8) is 0 Å². The lowest BCUT2D eigenvalue weighted by molar-refractivity contribution is -0.123. The maximum absolute atomic E-state index is 13.1. The first-order valence-corrected chi connectivity index (χ1v) is 7.83. The Balaban J connectivity index is 1.53. The SMILES string of the molecule is O=C(CC(O)c1cccc(F)c1)NCc1cc(-c2ccccc2)on1. The van der Waals surface area contributed by atoms with Gasteiger partial charge in [-0.2, -0.15) is 0 Å². The van der Waals surface area contributed by atoms with Gasteiger partial charge in [-0.3, -0.25) is 4.79 Å². The number of hydrogen-bond donors (Lipinski definition) is 2. The number of benzene rings is 2. The molecular weight excluding hydrogens is 323 g/mol. The smallest absolute Gasteiger partial charge is 0.223 e. The lowest BCUT2D eigenvalue weighted by Gasteiger charge is -2.10. The van der Waals surface area contributed by atoms with E-state index in [1.165, 1.54) is 18.2 Å². The third-order valence-corrected chi connectivity index (χ3v) is 3.70. The molecule has 1 unspecified atom stereocenters. The van der Waals surface area contributed by atoms with Gasteiger partial charge in [0.25, 0.3) is 0 Å². The Morgan fingerprint density at radius 2 is 1.96 bits per heavy atom. The van der Waals surface area contributed by atoms with E-state index in [1.807, 2.05) is 30.3 Å². The van der Waals surface area contributed by atoms with Crippen molar-refractivity contribution in [1.29, 1.82) is 0 Å². The third-order valence-electron chi connectivity index (χ3n) is 3.70. The van der Waals surface area contributed by atoms with E-state index in [2.05, 4.69) is 10.5 Å². The van der Waals surface area contributed by atoms with E-state index in [9.17, 15) is 14.3 Å². The summed E-state index contributed by atoms with van der Waals surface area (Å²) >= 11 is 0. The Kier molecular flexibility index (Phi) is 5.20. The van der Waals surface area contributed by atoms with Crippen LogP contribution in [0.2, 0.25) is 0 Å². The molecule has 0 saturated heterocycles. The molecule has 0 aliphatic carbocycles. The molecule has 1 atom stereocenters. The number of amides is 1. The van der Waals surface area contributed by atoms with Crippen LogP contribution in [0.5, 0.6) is 0 Å². The zero-order valence-electron chi connectivity index (χ0n) is 13.4. The van der Waals surface area contributed by atoms with Crippen LogP contribution in [-0.4, -0.2) is 16.2 Å². The molecule has 0 saturated carbocycles. The van der Waals surface area contributed by atoms with Gasteiger partial charge in [0.05, 0.1) is 19.1 Å². The number of halogens is 1. The molecule has 0 spiro atoms.